The Kier molecular flexibility index (Phi) is 7.52. The van der Waals surface area contributed by atoms with Crippen molar-refractivity contribution in [1.29, 1.82) is 0 Å². The van der Waals surface area contributed by atoms with Gasteiger partial charge in [-0.05, 0) is 52.8 Å². The molecule has 0 saturated carbocycles. The number of hydrogen-bond donors (Lipinski definition) is 0. The quantitative estimate of drug-likeness (QED) is 0.335. The van der Waals surface area contributed by atoms with Crippen LogP contribution in [-0.4, -0.2) is 12.9 Å². The van der Waals surface area contributed by atoms with Crippen molar-refractivity contribution in [1.82, 2.24) is 0 Å². The van der Waals surface area contributed by atoms with Crippen molar-refractivity contribution in [3.8, 4) is 5.75 Å². The summed E-state index contributed by atoms with van der Waals surface area (Å²) in [6.45, 7) is 10.9. The van der Waals surface area contributed by atoms with E-state index in [4.69, 9.17) is 9.47 Å². The molecule has 0 aliphatic heterocycles. The first-order valence-corrected chi connectivity index (χ1v) is 11.5. The Balaban J connectivity index is 1.83. The van der Waals surface area contributed by atoms with E-state index in [1.165, 1.54) is 24.3 Å². The number of rotatable bonds is 8. The number of halogens is 1. The van der Waals surface area contributed by atoms with Crippen LogP contribution in [0.1, 0.15) is 70.4 Å². The third kappa shape index (κ3) is 5.64. The summed E-state index contributed by atoms with van der Waals surface area (Å²) >= 11 is 1.26. The molecule has 0 radical (unpaired) electrons. The molecule has 170 valence electrons. The van der Waals surface area contributed by atoms with E-state index in [1.807, 2.05) is 24.3 Å². The summed E-state index contributed by atoms with van der Waals surface area (Å²) in [4.78, 5) is 12.9. The first kappa shape index (κ1) is 24.1. The van der Waals surface area contributed by atoms with Crippen LogP contribution in [0.4, 0.5) is 4.39 Å². The van der Waals surface area contributed by atoms with Gasteiger partial charge in [-0.3, -0.25) is 4.79 Å². The van der Waals surface area contributed by atoms with Crippen LogP contribution in [0.2, 0.25) is 0 Å². The van der Waals surface area contributed by atoms with Crippen molar-refractivity contribution >= 4 is 17.1 Å². The Morgan fingerprint density at radius 1 is 1.06 bits per heavy atom. The largest absolute Gasteiger partial charge is 0.497 e. The lowest BCUT2D eigenvalue weighted by Gasteiger charge is -2.31. The Hall–Kier alpha value is -2.50. The van der Waals surface area contributed by atoms with Gasteiger partial charge in [0.25, 0.3) is 0 Å². The number of carbonyl (C=O) groups excluding carboxylic acids is 1. The van der Waals surface area contributed by atoms with E-state index in [9.17, 15) is 9.18 Å². The van der Waals surface area contributed by atoms with Gasteiger partial charge in [-0.25, -0.2) is 4.39 Å². The monoisotopic (exact) mass is 454 g/mol. The molecule has 0 spiro atoms. The fourth-order valence-electron chi connectivity index (χ4n) is 3.89. The van der Waals surface area contributed by atoms with Crippen LogP contribution in [0.15, 0.2) is 48.5 Å². The molecule has 0 fully saturated rings. The van der Waals surface area contributed by atoms with Gasteiger partial charge in [-0.1, -0.05) is 51.1 Å². The van der Waals surface area contributed by atoms with Crippen LogP contribution >= 0.6 is 11.3 Å². The Labute approximate surface area is 194 Å². The highest BCUT2D eigenvalue weighted by Gasteiger charge is 2.31. The van der Waals surface area contributed by atoms with Crippen molar-refractivity contribution in [2.24, 2.45) is 5.41 Å². The van der Waals surface area contributed by atoms with E-state index < -0.39 is 5.82 Å². The third-order valence-corrected chi connectivity index (χ3v) is 6.84. The average molecular weight is 455 g/mol. The number of carbonyl (C=O) groups is 1. The normalized spacial score (nSPS) is 12.6. The van der Waals surface area contributed by atoms with Crippen molar-refractivity contribution in [3.63, 3.8) is 0 Å². The molecule has 0 amide bonds. The van der Waals surface area contributed by atoms with Crippen molar-refractivity contribution in [2.75, 3.05) is 7.11 Å². The predicted octanol–water partition coefficient (Wildman–Crippen LogP) is 7.30. The lowest BCUT2D eigenvalue weighted by atomic mass is 9.75. The highest BCUT2D eigenvalue weighted by atomic mass is 32.1. The van der Waals surface area contributed by atoms with Crippen LogP contribution in [0.3, 0.4) is 0 Å². The molecule has 1 unspecified atom stereocenters. The zero-order valence-corrected chi connectivity index (χ0v) is 20.4. The van der Waals surface area contributed by atoms with Gasteiger partial charge < -0.3 is 9.47 Å². The second-order valence-electron chi connectivity index (χ2n) is 9.21. The standard InChI is InChI=1S/C27H31FO3S/c1-17-7-10-20(13-21(17)16-31-15-19-8-11-22(30-6)12-9-19)25(27(3,4)5)24-14-23(28)26(32-24)18(2)29/h7-14,25H,15-16H2,1-6H3. The number of thiophene rings is 1. The topological polar surface area (TPSA) is 35.5 Å². The summed E-state index contributed by atoms with van der Waals surface area (Å²) in [5, 5.41) is 0. The molecular formula is C27H31FO3S. The van der Waals surface area contributed by atoms with E-state index in [0.29, 0.717) is 13.2 Å². The molecule has 0 saturated heterocycles. The summed E-state index contributed by atoms with van der Waals surface area (Å²) in [5.41, 5.74) is 4.29. The Morgan fingerprint density at radius 3 is 2.31 bits per heavy atom. The van der Waals surface area contributed by atoms with E-state index in [1.54, 1.807) is 7.11 Å². The minimum Gasteiger partial charge on any atom is -0.497 e. The second kappa shape index (κ2) is 9.97. The van der Waals surface area contributed by atoms with Crippen LogP contribution in [0, 0.1) is 18.2 Å². The van der Waals surface area contributed by atoms with Crippen molar-refractivity contribution < 1.29 is 18.7 Å². The molecule has 0 aliphatic rings. The van der Waals surface area contributed by atoms with Crippen LogP contribution in [-0.2, 0) is 18.0 Å². The molecule has 0 aliphatic carbocycles. The molecule has 1 atom stereocenters. The number of benzene rings is 2. The van der Waals surface area contributed by atoms with Crippen LogP contribution < -0.4 is 4.74 Å². The first-order valence-electron chi connectivity index (χ1n) is 10.7. The maximum atomic E-state index is 14.4. The average Bonchev–Trinajstić information content (AvgIpc) is 3.11. The highest BCUT2D eigenvalue weighted by molar-refractivity contribution is 7.14. The van der Waals surface area contributed by atoms with Crippen LogP contribution in [0.25, 0.3) is 0 Å². The van der Waals surface area contributed by atoms with E-state index in [2.05, 4.69) is 45.9 Å². The number of ether oxygens (including phenoxy) is 2. The number of methoxy groups -OCH3 is 1. The molecule has 0 bridgehead atoms. The number of aryl methyl sites for hydroxylation is 1. The summed E-state index contributed by atoms with van der Waals surface area (Å²) in [6, 6.07) is 15.7. The molecule has 5 heteroatoms. The third-order valence-electron chi connectivity index (χ3n) is 5.57. The smallest absolute Gasteiger partial charge is 0.172 e. The number of ketones is 1. The molecule has 3 aromatic rings. The van der Waals surface area contributed by atoms with Gasteiger partial charge in [0.15, 0.2) is 5.78 Å². The van der Waals surface area contributed by atoms with Gasteiger partial charge in [0.05, 0.1) is 20.3 Å². The lowest BCUT2D eigenvalue weighted by molar-refractivity contribution is 0.101. The molecule has 1 aromatic heterocycles. The van der Waals surface area contributed by atoms with Gasteiger partial charge in [0, 0.05) is 17.7 Å². The molecular weight excluding hydrogens is 423 g/mol. The first-order chi connectivity index (χ1) is 15.1. The van der Waals surface area contributed by atoms with Crippen molar-refractivity contribution in [2.45, 2.75) is 53.8 Å². The summed E-state index contributed by atoms with van der Waals surface area (Å²) in [5.74, 6) is 0.129. The Bertz CT molecular complexity index is 1080. The zero-order chi connectivity index (χ0) is 23.5. The van der Waals surface area contributed by atoms with E-state index in [0.717, 1.165) is 32.9 Å². The number of Topliss-reactive ketones (excluding diaryl/α,β-unsaturated/α-hetero) is 1. The second-order valence-corrected chi connectivity index (χ2v) is 10.3. The van der Waals surface area contributed by atoms with Crippen molar-refractivity contribution in [3.05, 3.63) is 86.4 Å². The minimum atomic E-state index is -0.429. The van der Waals surface area contributed by atoms with Gasteiger partial charge in [0.2, 0.25) is 0 Å². The SMILES string of the molecule is COc1ccc(COCc2cc(C(c3cc(F)c(C(C)=O)s3)C(C)(C)C)ccc2C)cc1. The molecule has 0 N–H and O–H groups in total. The molecule has 3 nitrogen and oxygen atoms in total. The fourth-order valence-corrected chi connectivity index (χ4v) is 5.19. The summed E-state index contributed by atoms with van der Waals surface area (Å²) in [6.07, 6.45) is 0. The van der Waals surface area contributed by atoms with E-state index >= 15 is 0 Å². The lowest BCUT2D eigenvalue weighted by Crippen LogP contribution is -2.19. The van der Waals surface area contributed by atoms with Gasteiger partial charge in [-0.2, -0.15) is 0 Å². The number of hydrogen-bond acceptors (Lipinski definition) is 4. The van der Waals surface area contributed by atoms with E-state index in [-0.39, 0.29) is 22.0 Å². The molecule has 3 rings (SSSR count). The highest BCUT2D eigenvalue weighted by Crippen LogP contribution is 2.44. The zero-order valence-electron chi connectivity index (χ0n) is 19.6. The minimum absolute atomic E-state index is 0.0314. The summed E-state index contributed by atoms with van der Waals surface area (Å²) < 4.78 is 25.6. The maximum Gasteiger partial charge on any atom is 0.172 e. The molecule has 32 heavy (non-hydrogen) atoms. The van der Waals surface area contributed by atoms with Gasteiger partial charge >= 0.3 is 0 Å². The Morgan fingerprint density at radius 2 is 1.75 bits per heavy atom. The molecule has 1 heterocycles. The predicted molar refractivity (Wildman–Crippen MR) is 128 cm³/mol. The molecule has 2 aromatic carbocycles. The maximum absolute atomic E-state index is 14.4. The fraction of sp³-hybridized carbons (Fsp3) is 0.370. The van der Waals surface area contributed by atoms with Gasteiger partial charge in [0.1, 0.15) is 16.4 Å². The van der Waals surface area contributed by atoms with Gasteiger partial charge in [-0.15, -0.1) is 11.3 Å². The van der Waals surface area contributed by atoms with Crippen LogP contribution in [0.5, 0.6) is 5.75 Å². The summed E-state index contributed by atoms with van der Waals surface area (Å²) in [7, 11) is 1.65.